The van der Waals surface area contributed by atoms with Gasteiger partial charge in [-0.05, 0) is 43.5 Å². The van der Waals surface area contributed by atoms with Crippen molar-refractivity contribution in [3.05, 3.63) is 34.9 Å². The molecule has 3 nitrogen and oxygen atoms in total. The number of aryl methyl sites for hydroxylation is 2. The molecule has 0 aromatic heterocycles. The van der Waals surface area contributed by atoms with Gasteiger partial charge < -0.3 is 10.1 Å². The summed E-state index contributed by atoms with van der Waals surface area (Å²) in [4.78, 5) is 12.1. The minimum atomic E-state index is -0.0406. The van der Waals surface area contributed by atoms with Crippen LogP contribution in [0.4, 0.5) is 0 Å². The van der Waals surface area contributed by atoms with Crippen molar-refractivity contribution < 1.29 is 9.53 Å². The summed E-state index contributed by atoms with van der Waals surface area (Å²) in [5.41, 5.74) is 3.03. The molecule has 0 saturated heterocycles. The molecule has 1 aromatic rings. The summed E-state index contributed by atoms with van der Waals surface area (Å²) in [5, 5.41) is 3.83. The van der Waals surface area contributed by atoms with Crippen LogP contribution >= 0.6 is 15.9 Å². The molecule has 18 heavy (non-hydrogen) atoms. The Morgan fingerprint density at radius 1 is 1.39 bits per heavy atom. The first-order valence-electron chi connectivity index (χ1n) is 6.01. The molecule has 0 aliphatic rings. The van der Waals surface area contributed by atoms with Crippen LogP contribution in [0, 0.1) is 13.8 Å². The van der Waals surface area contributed by atoms with Gasteiger partial charge in [0, 0.05) is 18.0 Å². The fourth-order valence-electron chi connectivity index (χ4n) is 1.68. The van der Waals surface area contributed by atoms with Gasteiger partial charge in [0.2, 0.25) is 0 Å². The maximum Gasteiger partial charge on any atom is 0.251 e. The van der Waals surface area contributed by atoms with E-state index in [0.717, 1.165) is 17.3 Å². The Bertz CT molecular complexity index is 401. The number of carbonyl (C=O) groups is 1. The second-order valence-corrected chi connectivity index (χ2v) is 5.20. The topological polar surface area (TPSA) is 38.3 Å². The summed E-state index contributed by atoms with van der Waals surface area (Å²) in [6.07, 6.45) is 0.852. The number of methoxy groups -OCH3 is 1. The molecule has 0 aliphatic carbocycles. The number of benzene rings is 1. The van der Waals surface area contributed by atoms with Crippen LogP contribution in [-0.2, 0) is 4.74 Å². The molecule has 0 bridgehead atoms. The highest BCUT2D eigenvalue weighted by molar-refractivity contribution is 9.09. The van der Waals surface area contributed by atoms with Crippen LogP contribution < -0.4 is 5.32 Å². The van der Waals surface area contributed by atoms with Crippen LogP contribution in [-0.4, -0.2) is 31.0 Å². The lowest BCUT2D eigenvalue weighted by Crippen LogP contribution is -2.38. The van der Waals surface area contributed by atoms with Crippen LogP contribution in [0.3, 0.4) is 0 Å². The molecule has 0 radical (unpaired) electrons. The number of amides is 1. The number of ether oxygens (including phenoxy) is 1. The van der Waals surface area contributed by atoms with Crippen molar-refractivity contribution in [1.29, 1.82) is 0 Å². The maximum atomic E-state index is 12.1. The summed E-state index contributed by atoms with van der Waals surface area (Å²) >= 11 is 3.38. The Morgan fingerprint density at radius 2 is 2.11 bits per heavy atom. The second-order valence-electron chi connectivity index (χ2n) is 4.40. The van der Waals surface area contributed by atoms with Crippen molar-refractivity contribution in [1.82, 2.24) is 5.32 Å². The maximum absolute atomic E-state index is 12.1. The Morgan fingerprint density at radius 3 is 2.67 bits per heavy atom. The van der Waals surface area contributed by atoms with Gasteiger partial charge in [0.05, 0.1) is 12.6 Å². The zero-order valence-electron chi connectivity index (χ0n) is 11.1. The number of nitrogens with one attached hydrogen (secondary N) is 1. The molecule has 100 valence electrons. The van der Waals surface area contributed by atoms with E-state index in [9.17, 15) is 4.79 Å². The third-order valence-corrected chi connectivity index (χ3v) is 3.39. The number of hydrogen-bond acceptors (Lipinski definition) is 2. The summed E-state index contributed by atoms with van der Waals surface area (Å²) < 4.78 is 5.10. The average molecular weight is 314 g/mol. The summed E-state index contributed by atoms with van der Waals surface area (Å²) in [6.45, 7) is 4.58. The predicted octanol–water partition coefficient (Wildman–Crippen LogP) is 2.83. The van der Waals surface area contributed by atoms with Crippen LogP contribution in [0.5, 0.6) is 0 Å². The zero-order valence-corrected chi connectivity index (χ0v) is 12.7. The smallest absolute Gasteiger partial charge is 0.251 e. The molecule has 0 aliphatic heterocycles. The average Bonchev–Trinajstić information content (AvgIpc) is 2.33. The third kappa shape index (κ3) is 4.42. The van der Waals surface area contributed by atoms with Crippen molar-refractivity contribution in [2.45, 2.75) is 26.3 Å². The lowest BCUT2D eigenvalue weighted by atomic mass is 10.1. The lowest BCUT2D eigenvalue weighted by Gasteiger charge is -2.17. The fourth-order valence-corrected chi connectivity index (χ4v) is 2.23. The molecule has 1 unspecified atom stereocenters. The standard InChI is InChI=1S/C14H20BrNO2/c1-10-4-5-12(8-11(10)2)14(17)16-13(6-7-15)9-18-3/h4-5,8,13H,6-7,9H2,1-3H3,(H,16,17). The van der Waals surface area contributed by atoms with Gasteiger partial charge in [-0.2, -0.15) is 0 Å². The fraction of sp³-hybridized carbons (Fsp3) is 0.500. The Labute approximate surface area is 117 Å². The van der Waals surface area contributed by atoms with Crippen molar-refractivity contribution in [3.8, 4) is 0 Å². The van der Waals surface area contributed by atoms with Crippen LogP contribution in [0.25, 0.3) is 0 Å². The minimum Gasteiger partial charge on any atom is -0.383 e. The van der Waals surface area contributed by atoms with Gasteiger partial charge >= 0.3 is 0 Å². The highest BCUT2D eigenvalue weighted by atomic mass is 79.9. The number of alkyl halides is 1. The SMILES string of the molecule is COCC(CCBr)NC(=O)c1ccc(C)c(C)c1. The van der Waals surface area contributed by atoms with Crippen molar-refractivity contribution >= 4 is 21.8 Å². The quantitative estimate of drug-likeness (QED) is 0.820. The highest BCUT2D eigenvalue weighted by Gasteiger charge is 2.13. The Hall–Kier alpha value is -0.870. The molecule has 1 N–H and O–H groups in total. The molecule has 0 heterocycles. The summed E-state index contributed by atoms with van der Waals surface area (Å²) in [7, 11) is 1.64. The van der Waals surface area contributed by atoms with E-state index in [1.54, 1.807) is 7.11 Å². The molecule has 0 fully saturated rings. The zero-order chi connectivity index (χ0) is 13.5. The first-order valence-corrected chi connectivity index (χ1v) is 7.13. The van der Waals surface area contributed by atoms with Crippen LogP contribution in [0.1, 0.15) is 27.9 Å². The van der Waals surface area contributed by atoms with Gasteiger partial charge in [0.1, 0.15) is 0 Å². The van der Waals surface area contributed by atoms with E-state index in [1.807, 2.05) is 32.0 Å². The van der Waals surface area contributed by atoms with Crippen LogP contribution in [0.2, 0.25) is 0 Å². The molecule has 4 heteroatoms. The predicted molar refractivity (Wildman–Crippen MR) is 77.5 cm³/mol. The van der Waals surface area contributed by atoms with Gasteiger partial charge in [-0.25, -0.2) is 0 Å². The minimum absolute atomic E-state index is 0.0406. The molecular formula is C14H20BrNO2. The molecule has 1 rings (SSSR count). The molecule has 1 amide bonds. The van der Waals surface area contributed by atoms with Crippen molar-refractivity contribution in [2.24, 2.45) is 0 Å². The first-order chi connectivity index (χ1) is 8.58. The van der Waals surface area contributed by atoms with E-state index >= 15 is 0 Å². The van der Waals surface area contributed by atoms with Gasteiger partial charge in [-0.1, -0.05) is 22.0 Å². The highest BCUT2D eigenvalue weighted by Crippen LogP contribution is 2.10. The molecule has 0 saturated carbocycles. The number of rotatable bonds is 6. The molecule has 1 aromatic carbocycles. The van der Waals surface area contributed by atoms with E-state index in [2.05, 4.69) is 21.2 Å². The van der Waals surface area contributed by atoms with Gasteiger partial charge in [-0.3, -0.25) is 4.79 Å². The molecule has 0 spiro atoms. The molecule has 1 atom stereocenters. The third-order valence-electron chi connectivity index (χ3n) is 2.93. The van der Waals surface area contributed by atoms with E-state index in [4.69, 9.17) is 4.74 Å². The van der Waals surface area contributed by atoms with E-state index < -0.39 is 0 Å². The second kappa shape index (κ2) is 7.54. The van der Waals surface area contributed by atoms with Gasteiger partial charge in [-0.15, -0.1) is 0 Å². The monoisotopic (exact) mass is 313 g/mol. The van der Waals surface area contributed by atoms with E-state index in [0.29, 0.717) is 12.2 Å². The van der Waals surface area contributed by atoms with Gasteiger partial charge in [0.15, 0.2) is 0 Å². The largest absolute Gasteiger partial charge is 0.383 e. The number of carbonyl (C=O) groups excluding carboxylic acids is 1. The summed E-state index contributed by atoms with van der Waals surface area (Å²) in [6, 6.07) is 5.79. The van der Waals surface area contributed by atoms with Gasteiger partial charge in [0.25, 0.3) is 5.91 Å². The van der Waals surface area contributed by atoms with Crippen molar-refractivity contribution in [2.75, 3.05) is 19.0 Å². The van der Waals surface area contributed by atoms with Crippen molar-refractivity contribution in [3.63, 3.8) is 0 Å². The molecular weight excluding hydrogens is 294 g/mol. The normalized spacial score (nSPS) is 12.2. The Balaban J connectivity index is 2.70. The van der Waals surface area contributed by atoms with E-state index in [1.165, 1.54) is 5.56 Å². The number of hydrogen-bond donors (Lipinski definition) is 1. The Kier molecular flexibility index (Phi) is 6.36. The first kappa shape index (κ1) is 15.2. The summed E-state index contributed by atoms with van der Waals surface area (Å²) in [5.74, 6) is -0.0406. The number of halogens is 1. The lowest BCUT2D eigenvalue weighted by molar-refractivity contribution is 0.0895. The van der Waals surface area contributed by atoms with Crippen LogP contribution in [0.15, 0.2) is 18.2 Å². The van der Waals surface area contributed by atoms with E-state index in [-0.39, 0.29) is 11.9 Å².